The van der Waals surface area contributed by atoms with Crippen molar-refractivity contribution in [2.24, 2.45) is 28.6 Å². The lowest BCUT2D eigenvalue weighted by Gasteiger charge is -2.57. The summed E-state index contributed by atoms with van der Waals surface area (Å²) < 4.78 is 8.03. The van der Waals surface area contributed by atoms with E-state index < -0.39 is 0 Å². The van der Waals surface area contributed by atoms with Crippen LogP contribution in [0.5, 0.6) is 0 Å². The number of hydrogen-bond donors (Lipinski definition) is 0. The highest BCUT2D eigenvalue weighted by Gasteiger charge is 2.58. The normalized spacial score (nSPS) is 35.3. The SMILES string of the molecule is CCOC1=CC2=C(n3ccnn3)CC3C4CC=C(c5cccnc5)C4(C)CCC3C2(C)CC1. The highest BCUT2D eigenvalue weighted by Crippen LogP contribution is 2.67. The van der Waals surface area contributed by atoms with Gasteiger partial charge in [-0.1, -0.05) is 31.2 Å². The van der Waals surface area contributed by atoms with E-state index in [2.05, 4.69) is 60.4 Å². The number of fused-ring (bicyclic) bond motifs is 5. The van der Waals surface area contributed by atoms with Crippen LogP contribution in [0, 0.1) is 28.6 Å². The molecule has 2 heterocycles. The fourth-order valence-corrected chi connectivity index (χ4v) is 7.82. The number of ether oxygens (including phenoxy) is 1. The molecule has 0 bridgehead atoms. The summed E-state index contributed by atoms with van der Waals surface area (Å²) in [4.78, 5) is 4.43. The minimum Gasteiger partial charge on any atom is -0.498 e. The summed E-state index contributed by atoms with van der Waals surface area (Å²) in [5.74, 6) is 3.12. The third-order valence-corrected chi connectivity index (χ3v) is 9.39. The van der Waals surface area contributed by atoms with Crippen molar-refractivity contribution in [1.29, 1.82) is 0 Å². The van der Waals surface area contributed by atoms with Crippen molar-refractivity contribution in [3.8, 4) is 0 Å². The summed E-state index contributed by atoms with van der Waals surface area (Å²) in [6, 6.07) is 4.31. The van der Waals surface area contributed by atoms with Gasteiger partial charge >= 0.3 is 0 Å². The Labute approximate surface area is 196 Å². The van der Waals surface area contributed by atoms with Crippen LogP contribution in [0.2, 0.25) is 0 Å². The Balaban J connectivity index is 1.43. The maximum absolute atomic E-state index is 5.99. The second-order valence-electron chi connectivity index (χ2n) is 10.8. The molecule has 172 valence electrons. The molecular formula is C28H34N4O. The van der Waals surface area contributed by atoms with Crippen molar-refractivity contribution < 1.29 is 4.74 Å². The molecule has 33 heavy (non-hydrogen) atoms. The Morgan fingerprint density at radius 1 is 1.15 bits per heavy atom. The lowest BCUT2D eigenvalue weighted by molar-refractivity contribution is -0.00376. The minimum absolute atomic E-state index is 0.156. The molecule has 0 N–H and O–H groups in total. The molecular weight excluding hydrogens is 408 g/mol. The van der Waals surface area contributed by atoms with Gasteiger partial charge in [0.2, 0.25) is 0 Å². The van der Waals surface area contributed by atoms with Crippen molar-refractivity contribution >= 4 is 11.3 Å². The average molecular weight is 443 g/mol. The van der Waals surface area contributed by atoms with Crippen molar-refractivity contribution in [2.75, 3.05) is 6.61 Å². The van der Waals surface area contributed by atoms with Crippen LogP contribution in [0.1, 0.15) is 64.9 Å². The Bertz CT molecular complexity index is 1130. The van der Waals surface area contributed by atoms with Crippen LogP contribution in [0.25, 0.3) is 11.3 Å². The lowest BCUT2D eigenvalue weighted by atomic mass is 9.47. The second-order valence-corrected chi connectivity index (χ2v) is 10.8. The molecule has 5 unspecified atom stereocenters. The van der Waals surface area contributed by atoms with E-state index in [4.69, 9.17) is 4.74 Å². The third kappa shape index (κ3) is 3.08. The molecule has 0 amide bonds. The van der Waals surface area contributed by atoms with Gasteiger partial charge in [0, 0.05) is 24.5 Å². The molecule has 5 atom stereocenters. The average Bonchev–Trinajstić information content (AvgIpc) is 3.47. The Morgan fingerprint density at radius 2 is 2.06 bits per heavy atom. The molecule has 1 fully saturated rings. The van der Waals surface area contributed by atoms with Gasteiger partial charge in [0.25, 0.3) is 0 Å². The zero-order valence-electron chi connectivity index (χ0n) is 20.0. The Hall–Kier alpha value is -2.69. The van der Waals surface area contributed by atoms with Crippen LogP contribution >= 0.6 is 0 Å². The van der Waals surface area contributed by atoms with Crippen LogP contribution in [-0.4, -0.2) is 26.6 Å². The lowest BCUT2D eigenvalue weighted by Crippen LogP contribution is -2.49. The van der Waals surface area contributed by atoms with Crippen LogP contribution in [0.15, 0.2) is 60.4 Å². The van der Waals surface area contributed by atoms with Gasteiger partial charge in [0.1, 0.15) is 0 Å². The number of nitrogens with zero attached hydrogens (tertiary/aromatic N) is 4. The fourth-order valence-electron chi connectivity index (χ4n) is 7.82. The first-order chi connectivity index (χ1) is 16.0. The summed E-state index contributed by atoms with van der Waals surface area (Å²) in [5.41, 5.74) is 5.95. The topological polar surface area (TPSA) is 52.8 Å². The molecule has 5 nitrogen and oxygen atoms in total. The van der Waals surface area contributed by atoms with E-state index in [1.807, 2.05) is 23.3 Å². The maximum Gasteiger partial charge on any atom is 0.0963 e. The summed E-state index contributed by atoms with van der Waals surface area (Å²) in [7, 11) is 0. The van der Waals surface area contributed by atoms with E-state index in [0.29, 0.717) is 17.8 Å². The third-order valence-electron chi connectivity index (χ3n) is 9.39. The van der Waals surface area contributed by atoms with E-state index in [9.17, 15) is 0 Å². The van der Waals surface area contributed by atoms with Crippen LogP contribution < -0.4 is 0 Å². The minimum atomic E-state index is 0.156. The van der Waals surface area contributed by atoms with Crippen molar-refractivity contribution in [2.45, 2.75) is 59.3 Å². The molecule has 0 aliphatic heterocycles. The molecule has 4 aliphatic rings. The van der Waals surface area contributed by atoms with Gasteiger partial charge in [0.05, 0.1) is 24.8 Å². The standard InChI is InChI=1S/C28H34N4O/c1-4-33-20-9-11-28(3)24-10-12-27(2)22(19-6-5-13-29-18-19)7-8-23(27)21(24)17-26(25(28)16-20)32-15-14-30-31-32/h5-7,13-16,18,21,23-24H,4,8-12,17H2,1-3H3. The van der Waals surface area contributed by atoms with Gasteiger partial charge < -0.3 is 4.74 Å². The highest BCUT2D eigenvalue weighted by molar-refractivity contribution is 5.73. The van der Waals surface area contributed by atoms with E-state index in [-0.39, 0.29) is 10.8 Å². The molecule has 0 spiro atoms. The van der Waals surface area contributed by atoms with Gasteiger partial charge in [-0.05, 0) is 96.5 Å². The first-order valence-corrected chi connectivity index (χ1v) is 12.6. The second kappa shape index (κ2) is 7.68. The van der Waals surface area contributed by atoms with E-state index in [1.54, 1.807) is 6.20 Å². The summed E-state index contributed by atoms with van der Waals surface area (Å²) in [6.45, 7) is 7.84. The first-order valence-electron chi connectivity index (χ1n) is 12.6. The van der Waals surface area contributed by atoms with Gasteiger partial charge in [-0.3, -0.25) is 4.98 Å². The predicted molar refractivity (Wildman–Crippen MR) is 130 cm³/mol. The van der Waals surface area contributed by atoms with E-state index >= 15 is 0 Å². The largest absolute Gasteiger partial charge is 0.498 e. The monoisotopic (exact) mass is 442 g/mol. The maximum atomic E-state index is 5.99. The molecule has 0 aromatic carbocycles. The summed E-state index contributed by atoms with van der Waals surface area (Å²) >= 11 is 0. The van der Waals surface area contributed by atoms with Crippen LogP contribution in [0.4, 0.5) is 0 Å². The quantitative estimate of drug-likeness (QED) is 0.570. The molecule has 0 radical (unpaired) electrons. The van der Waals surface area contributed by atoms with Crippen molar-refractivity contribution in [1.82, 2.24) is 20.0 Å². The summed E-state index contributed by atoms with van der Waals surface area (Å²) in [5, 5.41) is 8.61. The molecule has 2 aromatic heterocycles. The molecule has 6 rings (SSSR count). The number of allylic oxidation sites excluding steroid dienone is 6. The van der Waals surface area contributed by atoms with Gasteiger partial charge in [-0.15, -0.1) is 5.10 Å². The number of aromatic nitrogens is 4. The van der Waals surface area contributed by atoms with E-state index in [0.717, 1.165) is 38.0 Å². The van der Waals surface area contributed by atoms with Crippen LogP contribution in [-0.2, 0) is 4.74 Å². The van der Waals surface area contributed by atoms with Crippen LogP contribution in [0.3, 0.4) is 0 Å². The number of hydrogen-bond acceptors (Lipinski definition) is 4. The molecule has 4 aliphatic carbocycles. The van der Waals surface area contributed by atoms with Crippen molar-refractivity contribution in [3.63, 3.8) is 0 Å². The smallest absolute Gasteiger partial charge is 0.0963 e. The summed E-state index contributed by atoms with van der Waals surface area (Å²) in [6.07, 6.45) is 19.5. The fraction of sp³-hybridized carbons (Fsp3) is 0.536. The van der Waals surface area contributed by atoms with Gasteiger partial charge in [-0.25, -0.2) is 4.68 Å². The Kier molecular flexibility index (Phi) is 4.86. The van der Waals surface area contributed by atoms with Gasteiger partial charge in [-0.2, -0.15) is 0 Å². The predicted octanol–water partition coefficient (Wildman–Crippen LogP) is 6.14. The first kappa shape index (κ1) is 20.9. The van der Waals surface area contributed by atoms with E-state index in [1.165, 1.54) is 35.2 Å². The number of rotatable bonds is 4. The number of pyridine rings is 1. The zero-order chi connectivity index (χ0) is 22.6. The molecule has 0 saturated heterocycles. The van der Waals surface area contributed by atoms with Crippen molar-refractivity contribution in [3.05, 3.63) is 66.0 Å². The molecule has 2 aromatic rings. The van der Waals surface area contributed by atoms with Gasteiger partial charge in [0.15, 0.2) is 0 Å². The highest BCUT2D eigenvalue weighted by atomic mass is 16.5. The Morgan fingerprint density at radius 3 is 2.82 bits per heavy atom. The molecule has 5 heteroatoms. The molecule has 1 saturated carbocycles. The zero-order valence-corrected chi connectivity index (χ0v) is 20.0.